The largest absolute Gasteiger partial charge is 0.217 e. The van der Waals surface area contributed by atoms with E-state index in [1.807, 2.05) is 4.31 Å². The van der Waals surface area contributed by atoms with Crippen LogP contribution in [0.1, 0.15) is 57.8 Å². The number of nitrogens with zero attached hydrogens (tertiary/aromatic N) is 2. The lowest BCUT2D eigenvalue weighted by atomic mass is 9.68. The summed E-state index contributed by atoms with van der Waals surface area (Å²) in [7, 11) is -3.08. The quantitative estimate of drug-likeness (QED) is 0.749. The molecule has 4 nitrogen and oxygen atoms in total. The summed E-state index contributed by atoms with van der Waals surface area (Å²) in [5, 5.41) is 8.49. The zero-order chi connectivity index (χ0) is 14.2. The molecule has 0 aromatic heterocycles. The predicted octanol–water partition coefficient (Wildman–Crippen LogP) is 2.66. The molecule has 5 heteroatoms. The van der Waals surface area contributed by atoms with Crippen LogP contribution >= 0.6 is 0 Å². The maximum Gasteiger partial charge on any atom is 0.217 e. The van der Waals surface area contributed by atoms with E-state index in [4.69, 9.17) is 5.26 Å². The van der Waals surface area contributed by atoms with Crippen molar-refractivity contribution in [3.63, 3.8) is 0 Å². The second kappa shape index (κ2) is 5.65. The monoisotopic (exact) mass is 296 g/mol. The second-order valence-corrected chi connectivity index (χ2v) is 8.68. The smallest absolute Gasteiger partial charge is 0.212 e. The van der Waals surface area contributed by atoms with Gasteiger partial charge in [-0.1, -0.05) is 25.7 Å². The van der Waals surface area contributed by atoms with Crippen LogP contribution in [0.5, 0.6) is 0 Å². The number of rotatable bonds is 4. The molecule has 0 aromatic rings. The van der Waals surface area contributed by atoms with Crippen molar-refractivity contribution in [3.8, 4) is 6.07 Å². The highest BCUT2D eigenvalue weighted by molar-refractivity contribution is 7.90. The summed E-state index contributed by atoms with van der Waals surface area (Å²) in [5.74, 6) is 1.05. The maximum atomic E-state index is 12.8. The fourth-order valence-electron chi connectivity index (χ4n) is 4.76. The van der Waals surface area contributed by atoms with Gasteiger partial charge in [-0.15, -0.1) is 0 Å². The third-order valence-corrected chi connectivity index (χ3v) is 7.97. The van der Waals surface area contributed by atoms with Gasteiger partial charge in [0.1, 0.15) is 0 Å². The van der Waals surface area contributed by atoms with Crippen LogP contribution in [0.25, 0.3) is 0 Å². The number of sulfonamides is 1. The number of hydrogen-bond acceptors (Lipinski definition) is 3. The molecule has 3 aliphatic rings. The molecule has 3 rings (SSSR count). The molecule has 20 heavy (non-hydrogen) atoms. The van der Waals surface area contributed by atoms with Gasteiger partial charge in [0, 0.05) is 19.0 Å². The molecule has 0 radical (unpaired) electrons. The van der Waals surface area contributed by atoms with Gasteiger partial charge in [0.05, 0.1) is 11.3 Å². The fraction of sp³-hybridized carbons (Fsp3) is 0.933. The van der Waals surface area contributed by atoms with Crippen LogP contribution in [0.3, 0.4) is 0 Å². The molecule has 4 unspecified atom stereocenters. The van der Waals surface area contributed by atoms with Crippen LogP contribution in [0, 0.1) is 23.2 Å². The molecule has 1 aliphatic heterocycles. The summed E-state index contributed by atoms with van der Waals surface area (Å²) >= 11 is 0. The molecule has 4 atom stereocenters. The lowest BCUT2D eigenvalue weighted by Crippen LogP contribution is -2.41. The van der Waals surface area contributed by atoms with E-state index in [1.54, 1.807) is 0 Å². The van der Waals surface area contributed by atoms with Crippen molar-refractivity contribution in [3.05, 3.63) is 0 Å². The predicted molar refractivity (Wildman–Crippen MR) is 77.3 cm³/mol. The first-order chi connectivity index (χ1) is 9.66. The Morgan fingerprint density at radius 1 is 1.10 bits per heavy atom. The minimum absolute atomic E-state index is 0.0949. The summed E-state index contributed by atoms with van der Waals surface area (Å²) in [5.41, 5.74) is 0. The molecule has 2 saturated carbocycles. The van der Waals surface area contributed by atoms with Crippen LogP contribution in [0.2, 0.25) is 0 Å². The Bertz CT molecular complexity index is 494. The lowest BCUT2D eigenvalue weighted by Gasteiger charge is -2.39. The molecule has 0 bridgehead atoms. The Morgan fingerprint density at radius 3 is 2.60 bits per heavy atom. The Kier molecular flexibility index (Phi) is 4.05. The van der Waals surface area contributed by atoms with E-state index >= 15 is 0 Å². The van der Waals surface area contributed by atoms with Crippen molar-refractivity contribution in [2.24, 2.45) is 11.8 Å². The topological polar surface area (TPSA) is 61.2 Å². The van der Waals surface area contributed by atoms with E-state index in [0.717, 1.165) is 32.1 Å². The summed E-state index contributed by atoms with van der Waals surface area (Å²) in [6.07, 6.45) is 8.83. The van der Waals surface area contributed by atoms with Crippen molar-refractivity contribution < 1.29 is 8.42 Å². The van der Waals surface area contributed by atoms with E-state index in [-0.39, 0.29) is 11.3 Å². The normalized spacial score (nSPS) is 39.1. The third kappa shape index (κ3) is 2.27. The van der Waals surface area contributed by atoms with Crippen LogP contribution < -0.4 is 0 Å². The van der Waals surface area contributed by atoms with E-state index in [0.29, 0.717) is 24.8 Å². The molecule has 0 amide bonds. The van der Waals surface area contributed by atoms with Gasteiger partial charge in [0.2, 0.25) is 10.0 Å². The molecular weight excluding hydrogens is 272 g/mol. The van der Waals surface area contributed by atoms with Gasteiger partial charge in [-0.25, -0.2) is 8.42 Å². The van der Waals surface area contributed by atoms with Crippen molar-refractivity contribution in [2.75, 3.05) is 6.54 Å². The van der Waals surface area contributed by atoms with E-state index in [1.165, 1.54) is 19.3 Å². The average molecular weight is 296 g/mol. The van der Waals surface area contributed by atoms with E-state index in [2.05, 4.69) is 6.07 Å². The molecular formula is C15H24N2O2S. The van der Waals surface area contributed by atoms with Gasteiger partial charge in [0.15, 0.2) is 0 Å². The Balaban J connectivity index is 1.77. The first kappa shape index (κ1) is 14.3. The summed E-state index contributed by atoms with van der Waals surface area (Å²) in [6, 6.07) is 2.41. The number of nitriles is 1. The van der Waals surface area contributed by atoms with Gasteiger partial charge >= 0.3 is 0 Å². The van der Waals surface area contributed by atoms with Gasteiger partial charge in [-0.2, -0.15) is 9.57 Å². The van der Waals surface area contributed by atoms with Crippen molar-refractivity contribution in [1.29, 1.82) is 5.26 Å². The van der Waals surface area contributed by atoms with Gasteiger partial charge < -0.3 is 0 Å². The molecule has 112 valence electrons. The van der Waals surface area contributed by atoms with Crippen LogP contribution in [0.15, 0.2) is 0 Å². The summed E-state index contributed by atoms with van der Waals surface area (Å²) < 4.78 is 27.4. The van der Waals surface area contributed by atoms with E-state index < -0.39 is 10.0 Å². The molecule has 0 N–H and O–H groups in total. The third-order valence-electron chi connectivity index (χ3n) is 5.55. The fourth-order valence-corrected chi connectivity index (χ4v) is 7.38. The minimum Gasteiger partial charge on any atom is -0.212 e. The van der Waals surface area contributed by atoms with Crippen LogP contribution in [-0.2, 0) is 10.0 Å². The Hall–Kier alpha value is -0.600. The second-order valence-electron chi connectivity index (χ2n) is 6.58. The standard InChI is InChI=1S/C15H24N2O2S/c16-10-2-1-3-11-17-13-8-4-6-12-7-5-9-14(15(12)13)20(17,18)19/h12-15H,1-9,11H2. The van der Waals surface area contributed by atoms with Crippen LogP contribution in [0.4, 0.5) is 0 Å². The number of unbranched alkanes of at least 4 members (excludes halogenated alkanes) is 2. The highest BCUT2D eigenvalue weighted by atomic mass is 32.2. The van der Waals surface area contributed by atoms with Crippen molar-refractivity contribution in [1.82, 2.24) is 4.31 Å². The maximum absolute atomic E-state index is 12.8. The number of hydrogen-bond donors (Lipinski definition) is 0. The Labute approximate surface area is 122 Å². The Morgan fingerprint density at radius 2 is 1.85 bits per heavy atom. The molecule has 2 aliphatic carbocycles. The minimum atomic E-state index is -3.08. The molecule has 1 saturated heterocycles. The first-order valence-electron chi connectivity index (χ1n) is 8.04. The highest BCUT2D eigenvalue weighted by Crippen LogP contribution is 2.50. The summed E-state index contributed by atoms with van der Waals surface area (Å²) in [4.78, 5) is 0. The van der Waals surface area contributed by atoms with Gasteiger partial charge in [0.25, 0.3) is 0 Å². The van der Waals surface area contributed by atoms with Crippen molar-refractivity contribution >= 4 is 10.0 Å². The lowest BCUT2D eigenvalue weighted by molar-refractivity contribution is 0.116. The molecule has 0 spiro atoms. The SMILES string of the molecule is N#CCCCCN1C2CCCC3CCCC(C32)S1(=O)=O. The van der Waals surface area contributed by atoms with Gasteiger partial charge in [-0.05, 0) is 37.5 Å². The zero-order valence-electron chi connectivity index (χ0n) is 12.0. The zero-order valence-corrected chi connectivity index (χ0v) is 12.8. The van der Waals surface area contributed by atoms with E-state index in [9.17, 15) is 8.42 Å². The molecule has 3 fully saturated rings. The van der Waals surface area contributed by atoms with Crippen LogP contribution in [-0.4, -0.2) is 30.6 Å². The molecule has 1 heterocycles. The van der Waals surface area contributed by atoms with Gasteiger partial charge in [-0.3, -0.25) is 0 Å². The highest BCUT2D eigenvalue weighted by Gasteiger charge is 2.56. The average Bonchev–Trinajstić information content (AvgIpc) is 2.67. The van der Waals surface area contributed by atoms with Crippen molar-refractivity contribution in [2.45, 2.75) is 69.1 Å². The summed E-state index contributed by atoms with van der Waals surface area (Å²) in [6.45, 7) is 0.633. The molecule has 0 aromatic carbocycles. The first-order valence-corrected chi connectivity index (χ1v) is 9.54.